The van der Waals surface area contributed by atoms with Crippen molar-refractivity contribution in [2.24, 2.45) is 28.9 Å². The molecule has 2 aliphatic heterocycles. The third-order valence-corrected chi connectivity index (χ3v) is 16.3. The fourth-order valence-electron chi connectivity index (χ4n) is 8.62. The normalized spacial score (nSPS) is 26.7. The number of benzene rings is 1. The second-order valence-electron chi connectivity index (χ2n) is 18.1. The summed E-state index contributed by atoms with van der Waals surface area (Å²) in [5.41, 5.74) is 24.3. The van der Waals surface area contributed by atoms with Crippen LogP contribution in [0.3, 0.4) is 0 Å². The van der Waals surface area contributed by atoms with Crippen LogP contribution in [0, 0.1) is 5.92 Å². The molecular formula is C45H71N11O11S2. The van der Waals surface area contributed by atoms with Crippen LogP contribution in [0.5, 0.6) is 5.75 Å². The van der Waals surface area contributed by atoms with Crippen molar-refractivity contribution in [1.82, 2.24) is 36.8 Å². The van der Waals surface area contributed by atoms with E-state index in [1.165, 1.54) is 29.7 Å². The maximum atomic E-state index is 14.7. The van der Waals surface area contributed by atoms with Crippen LogP contribution in [0.25, 0.3) is 0 Å². The molecular weight excluding hydrogens is 935 g/mol. The predicted octanol–water partition coefficient (Wildman–Crippen LogP) is -1.91. The van der Waals surface area contributed by atoms with E-state index in [1.54, 1.807) is 38.1 Å². The molecule has 0 bridgehead atoms. The maximum Gasteiger partial charge on any atom is 0.246 e. The molecule has 2 heterocycles. The molecule has 1 spiro atoms. The molecule has 24 heteroatoms. The number of amides is 9. The summed E-state index contributed by atoms with van der Waals surface area (Å²) in [5.74, 6) is -7.65. The zero-order chi connectivity index (χ0) is 51.0. The maximum absolute atomic E-state index is 14.7. The van der Waals surface area contributed by atoms with Gasteiger partial charge in [0, 0.05) is 18.7 Å². The average Bonchev–Trinajstić information content (AvgIpc) is 3.82. The second kappa shape index (κ2) is 26.7. The lowest BCUT2D eigenvalue weighted by Gasteiger charge is -2.40. The zero-order valence-electron chi connectivity index (χ0n) is 39.8. The van der Waals surface area contributed by atoms with E-state index in [0.29, 0.717) is 56.3 Å². The molecule has 0 radical (unpaired) electrons. The fraction of sp³-hybridized carbons (Fsp3) is 0.667. The van der Waals surface area contributed by atoms with E-state index in [4.69, 9.17) is 27.7 Å². The molecule has 15 N–H and O–H groups in total. The van der Waals surface area contributed by atoms with E-state index in [-0.39, 0.29) is 38.1 Å². The highest BCUT2D eigenvalue weighted by Gasteiger charge is 2.46. The van der Waals surface area contributed by atoms with Gasteiger partial charge in [-0.1, -0.05) is 73.3 Å². The fourth-order valence-corrected chi connectivity index (χ4v) is 12.1. The number of methoxy groups -OCH3 is 1. The Morgan fingerprint density at radius 1 is 0.870 bits per heavy atom. The van der Waals surface area contributed by atoms with Crippen molar-refractivity contribution in [3.8, 4) is 5.75 Å². The lowest BCUT2D eigenvalue weighted by Crippen LogP contribution is -2.63. The monoisotopic (exact) mass is 1010 g/mol. The van der Waals surface area contributed by atoms with Crippen molar-refractivity contribution in [2.45, 2.75) is 157 Å². The Morgan fingerprint density at radius 3 is 2.09 bits per heavy atom. The number of ether oxygens (including phenoxy) is 1. The smallest absolute Gasteiger partial charge is 0.246 e. The van der Waals surface area contributed by atoms with Gasteiger partial charge in [0.2, 0.25) is 53.2 Å². The molecule has 1 saturated carbocycles. The van der Waals surface area contributed by atoms with Crippen molar-refractivity contribution in [3.63, 3.8) is 0 Å². The predicted molar refractivity (Wildman–Crippen MR) is 259 cm³/mol. The van der Waals surface area contributed by atoms with Crippen molar-refractivity contribution < 1.29 is 53.0 Å². The summed E-state index contributed by atoms with van der Waals surface area (Å²) in [6, 6.07) is -3.90. The SMILES string of the molecule is CC[C@H](C)[C@@H]1NC(=O)[C@H](Cc2ccc(OC)cc2)NC(=O)[C@@H](N)C2(CCCCC2)SSC[C@@H](C(=O)N2CCC[C@H]2C(=O)N[C@@H](CCCN)C(N)=O)NC(=O)[C@H](CC(N)=O)NC(=O)C([C@@H](C)O)NC1=O. The first kappa shape index (κ1) is 56.4. The van der Waals surface area contributed by atoms with Gasteiger partial charge in [0.05, 0.1) is 30.4 Å². The molecule has 10 atom stereocenters. The van der Waals surface area contributed by atoms with Gasteiger partial charge in [-0.15, -0.1) is 0 Å². The Kier molecular flexibility index (Phi) is 21.8. The summed E-state index contributed by atoms with van der Waals surface area (Å²) >= 11 is 0. The number of nitrogens with two attached hydrogens (primary N) is 4. The minimum atomic E-state index is -1.74. The minimum absolute atomic E-state index is 0.0200. The first-order valence-corrected chi connectivity index (χ1v) is 25.8. The van der Waals surface area contributed by atoms with Gasteiger partial charge in [0.15, 0.2) is 0 Å². The number of aliphatic hydroxyl groups excluding tert-OH is 1. The van der Waals surface area contributed by atoms with Crippen LogP contribution in [0.2, 0.25) is 0 Å². The summed E-state index contributed by atoms with van der Waals surface area (Å²) in [7, 11) is 3.92. The third kappa shape index (κ3) is 15.7. The summed E-state index contributed by atoms with van der Waals surface area (Å²) in [5, 5.41) is 26.6. The molecule has 3 aliphatic rings. The van der Waals surface area contributed by atoms with Crippen LogP contribution in [-0.2, 0) is 49.6 Å². The van der Waals surface area contributed by atoms with Crippen LogP contribution in [0.15, 0.2) is 24.3 Å². The Hall–Kier alpha value is -5.17. The van der Waals surface area contributed by atoms with Gasteiger partial charge >= 0.3 is 0 Å². The number of primary amides is 2. The molecule has 69 heavy (non-hydrogen) atoms. The number of likely N-dealkylation sites (tertiary alicyclic amines) is 1. The van der Waals surface area contributed by atoms with Gasteiger partial charge in [0.1, 0.15) is 48.0 Å². The van der Waals surface area contributed by atoms with Crippen LogP contribution in [0.4, 0.5) is 0 Å². The zero-order valence-corrected chi connectivity index (χ0v) is 41.4. The molecule has 3 fully saturated rings. The van der Waals surface area contributed by atoms with Gasteiger partial charge in [0.25, 0.3) is 0 Å². The lowest BCUT2D eigenvalue weighted by atomic mass is 9.82. The molecule has 4 rings (SSSR count). The van der Waals surface area contributed by atoms with Crippen LogP contribution in [0.1, 0.15) is 97.0 Å². The highest BCUT2D eigenvalue weighted by molar-refractivity contribution is 8.77. The Balaban J connectivity index is 1.79. The molecule has 1 aromatic rings. The summed E-state index contributed by atoms with van der Waals surface area (Å²) < 4.78 is 4.36. The Morgan fingerprint density at radius 2 is 1.49 bits per heavy atom. The van der Waals surface area contributed by atoms with E-state index in [1.807, 2.05) is 0 Å². The largest absolute Gasteiger partial charge is 0.497 e. The highest BCUT2D eigenvalue weighted by atomic mass is 33.1. The number of carbonyl (C=O) groups is 9. The second-order valence-corrected chi connectivity index (χ2v) is 20.8. The van der Waals surface area contributed by atoms with Gasteiger partial charge < -0.3 is 69.6 Å². The van der Waals surface area contributed by atoms with E-state index in [0.717, 1.165) is 17.2 Å². The van der Waals surface area contributed by atoms with Crippen LogP contribution >= 0.6 is 21.6 Å². The standard InChI is InChI=1S/C45H71N11O11S2/c1-5-24(2)34-41(63)55-35(25(3)57)42(64)51-30(22-33(47)58)38(60)53-31(44(66)56-20-10-12-32(56)40(62)50-28(37(49)59)11-9-19-46)23-68-69-45(17-7-6-8-18-45)36(48)43(65)52-29(39(61)54-34)21-26-13-15-27(67-4)16-14-26/h13-16,24-25,28-32,34-36,57H,5-12,17-23,46,48H2,1-4H3,(H2,47,58)(H2,49,59)(H,50,62)(H,51,64)(H,52,65)(H,53,60)(H,54,61)(H,55,63)/t24-,25+,28-,29-,30-,31-,32-,34-,35?,36+/m0/s1. The molecule has 2 saturated heterocycles. The quantitative estimate of drug-likeness (QED) is 0.0855. The number of aliphatic hydroxyl groups is 1. The molecule has 0 aromatic heterocycles. The van der Waals surface area contributed by atoms with Crippen LogP contribution < -0.4 is 59.6 Å². The molecule has 1 aliphatic carbocycles. The molecule has 1 unspecified atom stereocenters. The number of hydrogen-bond donors (Lipinski definition) is 11. The molecule has 22 nitrogen and oxygen atoms in total. The topological polar surface area (TPSA) is 363 Å². The third-order valence-electron chi connectivity index (χ3n) is 12.9. The van der Waals surface area contributed by atoms with Crippen molar-refractivity contribution >= 4 is 74.8 Å². The van der Waals surface area contributed by atoms with Gasteiger partial charge in [-0.3, -0.25) is 43.2 Å². The van der Waals surface area contributed by atoms with E-state index in [2.05, 4.69) is 31.9 Å². The van der Waals surface area contributed by atoms with Gasteiger partial charge in [-0.25, -0.2) is 0 Å². The first-order chi connectivity index (χ1) is 32.7. The minimum Gasteiger partial charge on any atom is -0.497 e. The number of nitrogens with zero attached hydrogens (tertiary/aromatic N) is 1. The van der Waals surface area contributed by atoms with Crippen molar-refractivity contribution in [2.75, 3.05) is 26.0 Å². The molecule has 384 valence electrons. The van der Waals surface area contributed by atoms with Crippen molar-refractivity contribution in [1.29, 1.82) is 0 Å². The Labute approximate surface area is 410 Å². The number of nitrogens with one attached hydrogen (secondary N) is 6. The van der Waals surface area contributed by atoms with Gasteiger partial charge in [-0.2, -0.15) is 0 Å². The number of rotatable bonds is 15. The number of carbonyl (C=O) groups excluding carboxylic acids is 9. The Bertz CT molecular complexity index is 1990. The van der Waals surface area contributed by atoms with E-state index < -0.39 is 125 Å². The summed E-state index contributed by atoms with van der Waals surface area (Å²) in [6.07, 6.45) is 2.42. The summed E-state index contributed by atoms with van der Waals surface area (Å²) in [6.45, 7) is 5.02. The number of hydrogen-bond acceptors (Lipinski definition) is 15. The van der Waals surface area contributed by atoms with Crippen LogP contribution in [-0.4, -0.2) is 148 Å². The van der Waals surface area contributed by atoms with E-state index >= 15 is 0 Å². The van der Waals surface area contributed by atoms with Gasteiger partial charge in [-0.05, 0) is 75.6 Å². The summed E-state index contributed by atoms with van der Waals surface area (Å²) in [4.78, 5) is 125. The molecule has 1 aromatic carbocycles. The highest BCUT2D eigenvalue weighted by Crippen LogP contribution is 2.48. The average molecular weight is 1010 g/mol. The lowest BCUT2D eigenvalue weighted by molar-refractivity contribution is -0.142. The van der Waals surface area contributed by atoms with E-state index in [9.17, 15) is 48.3 Å². The van der Waals surface area contributed by atoms with Crippen molar-refractivity contribution in [3.05, 3.63) is 29.8 Å². The molecule has 9 amide bonds. The first-order valence-electron chi connectivity index (χ1n) is 23.5.